The lowest BCUT2D eigenvalue weighted by atomic mass is 10.1. The van der Waals surface area contributed by atoms with Gasteiger partial charge in [-0.25, -0.2) is 0 Å². The summed E-state index contributed by atoms with van der Waals surface area (Å²) >= 11 is 12.1. The van der Waals surface area contributed by atoms with E-state index < -0.39 is 0 Å². The third-order valence-corrected chi connectivity index (χ3v) is 3.13. The quantitative estimate of drug-likeness (QED) is 0.655. The summed E-state index contributed by atoms with van der Waals surface area (Å²) in [5.41, 5.74) is 6.85. The number of benzene rings is 1. The fourth-order valence-electron chi connectivity index (χ4n) is 1.23. The Kier molecular flexibility index (Phi) is 5.32. The van der Waals surface area contributed by atoms with Crippen LogP contribution in [0.1, 0.15) is 12.5 Å². The van der Waals surface area contributed by atoms with Crippen LogP contribution in [0.4, 0.5) is 5.69 Å². The molecule has 0 atom stereocenters. The number of rotatable bonds is 4. The van der Waals surface area contributed by atoms with E-state index in [0.29, 0.717) is 15.7 Å². The summed E-state index contributed by atoms with van der Waals surface area (Å²) in [4.78, 5) is 0. The Morgan fingerprint density at radius 3 is 2.50 bits per heavy atom. The van der Waals surface area contributed by atoms with Crippen LogP contribution in [0, 0.1) is 22.7 Å². The minimum atomic E-state index is -0.0464. The molecule has 0 radical (unpaired) electrons. The van der Waals surface area contributed by atoms with Crippen molar-refractivity contribution >= 4 is 28.9 Å². The van der Waals surface area contributed by atoms with Crippen molar-refractivity contribution in [3.05, 3.63) is 39.5 Å². The molecule has 0 bridgehead atoms. The molecule has 92 valence electrons. The van der Waals surface area contributed by atoms with Crippen molar-refractivity contribution in [1.29, 1.82) is 10.5 Å². The SMILES string of the molecule is CCc1ccc(NNC=C(C#N)C#N)c(Cl)c1Cl. The van der Waals surface area contributed by atoms with E-state index in [1.807, 2.05) is 13.0 Å². The molecule has 0 aliphatic carbocycles. The van der Waals surface area contributed by atoms with Crippen LogP contribution in [0.3, 0.4) is 0 Å². The minimum Gasteiger partial charge on any atom is -0.306 e. The smallest absolute Gasteiger partial charge is 0.147 e. The normalized spacial score (nSPS) is 8.94. The second-order valence-corrected chi connectivity index (χ2v) is 4.06. The van der Waals surface area contributed by atoms with Crippen molar-refractivity contribution in [2.75, 3.05) is 5.43 Å². The Morgan fingerprint density at radius 1 is 1.28 bits per heavy atom. The van der Waals surface area contributed by atoms with Crippen LogP contribution in [0.25, 0.3) is 0 Å². The number of nitriles is 2. The number of nitrogens with zero attached hydrogens (tertiary/aromatic N) is 2. The van der Waals surface area contributed by atoms with Crippen molar-refractivity contribution in [2.24, 2.45) is 0 Å². The summed E-state index contributed by atoms with van der Waals surface area (Å²) in [5.74, 6) is 0. The lowest BCUT2D eigenvalue weighted by Crippen LogP contribution is -2.15. The van der Waals surface area contributed by atoms with Gasteiger partial charge in [0.15, 0.2) is 0 Å². The highest BCUT2D eigenvalue weighted by molar-refractivity contribution is 6.44. The molecule has 0 saturated heterocycles. The van der Waals surface area contributed by atoms with Gasteiger partial charge in [0.2, 0.25) is 0 Å². The highest BCUT2D eigenvalue weighted by atomic mass is 35.5. The van der Waals surface area contributed by atoms with Crippen molar-refractivity contribution in [3.8, 4) is 12.1 Å². The largest absolute Gasteiger partial charge is 0.306 e. The topological polar surface area (TPSA) is 71.6 Å². The molecule has 1 aromatic carbocycles. The first-order valence-corrected chi connectivity index (χ1v) is 5.88. The molecule has 0 aromatic heterocycles. The zero-order chi connectivity index (χ0) is 13.5. The monoisotopic (exact) mass is 280 g/mol. The summed E-state index contributed by atoms with van der Waals surface area (Å²) < 4.78 is 0. The lowest BCUT2D eigenvalue weighted by molar-refractivity contribution is 1.05. The van der Waals surface area contributed by atoms with Crippen LogP contribution in [-0.2, 0) is 6.42 Å². The van der Waals surface area contributed by atoms with Crippen molar-refractivity contribution in [1.82, 2.24) is 5.43 Å². The highest BCUT2D eigenvalue weighted by Crippen LogP contribution is 2.32. The molecule has 4 nitrogen and oxygen atoms in total. The average Bonchev–Trinajstić information content (AvgIpc) is 2.39. The van der Waals surface area contributed by atoms with Crippen LogP contribution in [0.2, 0.25) is 10.0 Å². The number of aryl methyl sites for hydroxylation is 1. The summed E-state index contributed by atoms with van der Waals surface area (Å²) in [6, 6.07) is 7.07. The van der Waals surface area contributed by atoms with E-state index in [2.05, 4.69) is 10.9 Å². The van der Waals surface area contributed by atoms with Crippen molar-refractivity contribution < 1.29 is 0 Å². The first-order chi connectivity index (χ1) is 8.63. The van der Waals surface area contributed by atoms with Gasteiger partial charge in [0, 0.05) is 6.20 Å². The molecule has 0 saturated carbocycles. The van der Waals surface area contributed by atoms with Gasteiger partial charge in [-0.3, -0.25) is 5.43 Å². The molecule has 2 N–H and O–H groups in total. The maximum absolute atomic E-state index is 8.53. The number of nitrogens with one attached hydrogen (secondary N) is 2. The second kappa shape index (κ2) is 6.76. The summed E-state index contributed by atoms with van der Waals surface area (Å²) in [5, 5.41) is 18.0. The van der Waals surface area contributed by atoms with Crippen LogP contribution in [-0.4, -0.2) is 0 Å². The maximum Gasteiger partial charge on any atom is 0.147 e. The molecule has 18 heavy (non-hydrogen) atoms. The standard InChI is InChI=1S/C12H10Cl2N4/c1-2-9-3-4-10(12(14)11(9)13)18-17-7-8(5-15)6-16/h3-4,7,17-18H,2H2,1H3. The van der Waals surface area contributed by atoms with Crippen LogP contribution in [0.15, 0.2) is 23.9 Å². The van der Waals surface area contributed by atoms with Gasteiger partial charge < -0.3 is 5.43 Å². The molecule has 0 amide bonds. The number of hydrogen-bond acceptors (Lipinski definition) is 4. The van der Waals surface area contributed by atoms with E-state index in [1.165, 1.54) is 6.20 Å². The van der Waals surface area contributed by atoms with Crippen LogP contribution < -0.4 is 10.9 Å². The summed E-state index contributed by atoms with van der Waals surface area (Å²) in [6.07, 6.45) is 2.04. The second-order valence-electron chi connectivity index (χ2n) is 3.30. The van der Waals surface area contributed by atoms with E-state index in [-0.39, 0.29) is 5.57 Å². The Morgan fingerprint density at radius 2 is 1.94 bits per heavy atom. The van der Waals surface area contributed by atoms with Gasteiger partial charge in [-0.15, -0.1) is 0 Å². The Labute approximate surface area is 115 Å². The van der Waals surface area contributed by atoms with E-state index in [0.717, 1.165) is 12.0 Å². The van der Waals surface area contributed by atoms with E-state index >= 15 is 0 Å². The highest BCUT2D eigenvalue weighted by Gasteiger charge is 2.08. The zero-order valence-electron chi connectivity index (χ0n) is 9.59. The number of hydrogen-bond donors (Lipinski definition) is 2. The fourth-order valence-corrected chi connectivity index (χ4v) is 1.76. The van der Waals surface area contributed by atoms with Gasteiger partial charge >= 0.3 is 0 Å². The fraction of sp³-hybridized carbons (Fsp3) is 0.167. The van der Waals surface area contributed by atoms with Gasteiger partial charge in [0.1, 0.15) is 17.7 Å². The molecule has 0 fully saturated rings. The van der Waals surface area contributed by atoms with E-state index in [4.69, 9.17) is 33.7 Å². The molecular formula is C12H10Cl2N4. The van der Waals surface area contributed by atoms with Crippen molar-refractivity contribution in [2.45, 2.75) is 13.3 Å². The van der Waals surface area contributed by atoms with Gasteiger partial charge in [-0.1, -0.05) is 36.2 Å². The maximum atomic E-state index is 8.53. The molecule has 0 heterocycles. The van der Waals surface area contributed by atoms with Gasteiger partial charge in [-0.2, -0.15) is 10.5 Å². The molecule has 0 aliphatic heterocycles. The predicted molar refractivity (Wildman–Crippen MR) is 71.9 cm³/mol. The number of anilines is 1. The van der Waals surface area contributed by atoms with E-state index in [9.17, 15) is 0 Å². The number of hydrazine groups is 1. The predicted octanol–water partition coefficient (Wildman–Crippen LogP) is 3.40. The molecule has 1 rings (SSSR count). The lowest BCUT2D eigenvalue weighted by Gasteiger charge is -2.11. The van der Waals surface area contributed by atoms with Crippen molar-refractivity contribution in [3.63, 3.8) is 0 Å². The molecule has 0 aliphatic rings. The third kappa shape index (κ3) is 3.30. The summed E-state index contributed by atoms with van der Waals surface area (Å²) in [6.45, 7) is 1.98. The summed E-state index contributed by atoms with van der Waals surface area (Å²) in [7, 11) is 0. The Hall–Kier alpha value is -1.88. The number of halogens is 2. The zero-order valence-corrected chi connectivity index (χ0v) is 11.1. The Balaban J connectivity index is 2.82. The molecule has 6 heteroatoms. The van der Waals surface area contributed by atoms with Crippen LogP contribution >= 0.6 is 23.2 Å². The molecule has 0 unspecified atom stereocenters. The molecule has 1 aromatic rings. The molecule has 0 spiro atoms. The first kappa shape index (κ1) is 14.2. The molecular weight excluding hydrogens is 271 g/mol. The van der Waals surface area contributed by atoms with Gasteiger partial charge in [0.25, 0.3) is 0 Å². The van der Waals surface area contributed by atoms with Gasteiger partial charge in [-0.05, 0) is 18.1 Å². The first-order valence-electron chi connectivity index (χ1n) is 5.12. The minimum absolute atomic E-state index is 0.0464. The third-order valence-electron chi connectivity index (χ3n) is 2.21. The number of allylic oxidation sites excluding steroid dienone is 1. The Bertz CT molecular complexity index is 536. The van der Waals surface area contributed by atoms with E-state index in [1.54, 1.807) is 18.2 Å². The average molecular weight is 281 g/mol. The van der Waals surface area contributed by atoms with Crippen LogP contribution in [0.5, 0.6) is 0 Å². The van der Waals surface area contributed by atoms with Gasteiger partial charge in [0.05, 0.1) is 15.7 Å².